The number of ether oxygens (including phenoxy) is 1. The molecular weight excluding hydrogens is 356 g/mol. The van der Waals surface area contributed by atoms with Crippen molar-refractivity contribution < 1.29 is 13.2 Å². The Morgan fingerprint density at radius 3 is 2.19 bits per heavy atom. The van der Waals surface area contributed by atoms with E-state index in [0.717, 1.165) is 5.69 Å². The zero-order chi connectivity index (χ0) is 15.5. The first-order valence-electron chi connectivity index (χ1n) is 6.10. The van der Waals surface area contributed by atoms with Crippen LogP contribution in [0.4, 0.5) is 11.4 Å². The number of nitrogens with one attached hydrogen (secondary N) is 2. The van der Waals surface area contributed by atoms with Crippen molar-refractivity contribution in [1.82, 2.24) is 0 Å². The van der Waals surface area contributed by atoms with E-state index < -0.39 is 10.0 Å². The third-order valence-corrected chi connectivity index (χ3v) is 4.87. The molecule has 2 aromatic rings. The molecule has 0 aliphatic carbocycles. The van der Waals surface area contributed by atoms with E-state index in [4.69, 9.17) is 4.74 Å². The van der Waals surface area contributed by atoms with Gasteiger partial charge in [-0.15, -0.1) is 0 Å². The van der Waals surface area contributed by atoms with Crippen LogP contribution in [0.15, 0.2) is 51.8 Å². The molecule has 2 N–H and O–H groups in total. The molecule has 21 heavy (non-hydrogen) atoms. The third kappa shape index (κ3) is 3.68. The van der Waals surface area contributed by atoms with Gasteiger partial charge in [0.25, 0.3) is 10.0 Å². The fourth-order valence-electron chi connectivity index (χ4n) is 1.74. The van der Waals surface area contributed by atoms with Crippen LogP contribution < -0.4 is 14.8 Å². The summed E-state index contributed by atoms with van der Waals surface area (Å²) in [5.41, 5.74) is 1.31. The zero-order valence-electron chi connectivity index (χ0n) is 11.6. The summed E-state index contributed by atoms with van der Waals surface area (Å²) in [6.07, 6.45) is 0. The van der Waals surface area contributed by atoms with E-state index in [-0.39, 0.29) is 4.90 Å². The maximum Gasteiger partial charge on any atom is 0.261 e. The first kappa shape index (κ1) is 15.7. The molecule has 0 radical (unpaired) electrons. The van der Waals surface area contributed by atoms with Gasteiger partial charge in [-0.2, -0.15) is 0 Å². The van der Waals surface area contributed by atoms with Crippen LogP contribution >= 0.6 is 15.9 Å². The predicted octanol–water partition coefficient (Wildman–Crippen LogP) is 3.30. The Morgan fingerprint density at radius 2 is 1.67 bits per heavy atom. The Morgan fingerprint density at radius 1 is 1.05 bits per heavy atom. The average molecular weight is 371 g/mol. The van der Waals surface area contributed by atoms with Crippen LogP contribution in [-0.4, -0.2) is 22.6 Å². The quantitative estimate of drug-likeness (QED) is 0.847. The van der Waals surface area contributed by atoms with Gasteiger partial charge in [-0.05, 0) is 58.4 Å². The molecule has 7 heteroatoms. The van der Waals surface area contributed by atoms with Crippen molar-refractivity contribution in [3.8, 4) is 5.75 Å². The van der Waals surface area contributed by atoms with E-state index >= 15 is 0 Å². The normalized spacial score (nSPS) is 11.0. The third-order valence-electron chi connectivity index (χ3n) is 2.86. The van der Waals surface area contributed by atoms with Crippen LogP contribution in [0.3, 0.4) is 0 Å². The van der Waals surface area contributed by atoms with Crippen molar-refractivity contribution in [2.45, 2.75) is 4.90 Å². The van der Waals surface area contributed by atoms with E-state index in [9.17, 15) is 8.42 Å². The van der Waals surface area contributed by atoms with Crippen LogP contribution in [0.1, 0.15) is 0 Å². The van der Waals surface area contributed by atoms with Crippen molar-refractivity contribution in [3.05, 3.63) is 46.9 Å². The van der Waals surface area contributed by atoms with Crippen molar-refractivity contribution >= 4 is 37.3 Å². The molecule has 0 spiro atoms. The fraction of sp³-hybridized carbons (Fsp3) is 0.143. The number of sulfonamides is 1. The maximum atomic E-state index is 12.3. The number of halogens is 1. The first-order chi connectivity index (χ1) is 9.96. The predicted molar refractivity (Wildman–Crippen MR) is 87.5 cm³/mol. The minimum absolute atomic E-state index is 0.202. The van der Waals surface area contributed by atoms with E-state index in [2.05, 4.69) is 26.0 Å². The molecular formula is C14H15BrN2O3S. The lowest BCUT2D eigenvalue weighted by Crippen LogP contribution is -2.12. The number of rotatable bonds is 5. The molecule has 2 aromatic carbocycles. The van der Waals surface area contributed by atoms with E-state index in [1.807, 2.05) is 0 Å². The molecule has 5 nitrogen and oxygen atoms in total. The van der Waals surface area contributed by atoms with Gasteiger partial charge >= 0.3 is 0 Å². The standard InChI is InChI=1S/C14H15BrN2O3S/c1-16-10-3-6-12(7-4-10)21(18,19)17-11-5-8-14(20-2)13(15)9-11/h3-9,16-17H,1-2H3. The first-order valence-corrected chi connectivity index (χ1v) is 8.38. The Labute approximate surface area is 132 Å². The average Bonchev–Trinajstić information content (AvgIpc) is 2.47. The molecule has 0 heterocycles. The minimum Gasteiger partial charge on any atom is -0.496 e. The molecule has 0 aliphatic heterocycles. The van der Waals surface area contributed by atoms with Gasteiger partial charge in [0.1, 0.15) is 5.75 Å². The second-order valence-electron chi connectivity index (χ2n) is 4.23. The lowest BCUT2D eigenvalue weighted by atomic mass is 10.3. The van der Waals surface area contributed by atoms with Crippen LogP contribution in [0.2, 0.25) is 0 Å². The van der Waals surface area contributed by atoms with E-state index in [1.165, 1.54) is 0 Å². The van der Waals surface area contributed by atoms with Crippen LogP contribution in [0.5, 0.6) is 5.75 Å². The molecule has 0 saturated heterocycles. The summed E-state index contributed by atoms with van der Waals surface area (Å²) in [6.45, 7) is 0. The van der Waals surface area contributed by atoms with Crippen molar-refractivity contribution in [3.63, 3.8) is 0 Å². The highest BCUT2D eigenvalue weighted by Crippen LogP contribution is 2.28. The number of anilines is 2. The molecule has 0 bridgehead atoms. The van der Waals surface area contributed by atoms with Gasteiger partial charge in [-0.3, -0.25) is 4.72 Å². The van der Waals surface area contributed by atoms with Gasteiger partial charge in [0.05, 0.1) is 22.2 Å². The highest BCUT2D eigenvalue weighted by atomic mass is 79.9. The molecule has 0 atom stereocenters. The topological polar surface area (TPSA) is 67.4 Å². The maximum absolute atomic E-state index is 12.3. The smallest absolute Gasteiger partial charge is 0.261 e. The summed E-state index contributed by atoms with van der Waals surface area (Å²) in [5.74, 6) is 0.635. The fourth-order valence-corrected chi connectivity index (χ4v) is 3.33. The van der Waals surface area contributed by atoms with E-state index in [0.29, 0.717) is 15.9 Å². The van der Waals surface area contributed by atoms with Gasteiger partial charge in [-0.25, -0.2) is 8.42 Å². The van der Waals surface area contributed by atoms with Gasteiger partial charge < -0.3 is 10.1 Å². The second kappa shape index (κ2) is 6.36. The Bertz CT molecular complexity index is 730. The molecule has 2 rings (SSSR count). The number of hydrogen-bond donors (Lipinski definition) is 2. The van der Waals surface area contributed by atoms with Crippen molar-refractivity contribution in [2.24, 2.45) is 0 Å². The molecule has 112 valence electrons. The van der Waals surface area contributed by atoms with Gasteiger partial charge in [0.15, 0.2) is 0 Å². The summed E-state index contributed by atoms with van der Waals surface area (Å²) < 4.78 is 32.9. The summed E-state index contributed by atoms with van der Waals surface area (Å²) in [4.78, 5) is 0.202. The SMILES string of the molecule is CNc1ccc(S(=O)(=O)Nc2ccc(OC)c(Br)c2)cc1. The molecule has 0 fully saturated rings. The molecule has 0 saturated carbocycles. The summed E-state index contributed by atoms with van der Waals surface area (Å²) in [7, 11) is -0.291. The molecule has 0 amide bonds. The Kier molecular flexibility index (Phi) is 4.74. The van der Waals surface area contributed by atoms with Gasteiger partial charge in [0.2, 0.25) is 0 Å². The monoisotopic (exact) mass is 370 g/mol. The number of hydrogen-bond acceptors (Lipinski definition) is 4. The van der Waals surface area contributed by atoms with Gasteiger partial charge in [-0.1, -0.05) is 0 Å². The summed E-state index contributed by atoms with van der Waals surface area (Å²) >= 11 is 3.32. The minimum atomic E-state index is -3.61. The molecule has 0 aromatic heterocycles. The Hall–Kier alpha value is -1.73. The second-order valence-corrected chi connectivity index (χ2v) is 6.77. The summed E-state index contributed by atoms with van der Waals surface area (Å²) in [5, 5.41) is 2.94. The number of methoxy groups -OCH3 is 1. The highest BCUT2D eigenvalue weighted by Gasteiger charge is 2.14. The van der Waals surface area contributed by atoms with Crippen molar-refractivity contribution in [1.29, 1.82) is 0 Å². The highest BCUT2D eigenvalue weighted by molar-refractivity contribution is 9.10. The lowest BCUT2D eigenvalue weighted by molar-refractivity contribution is 0.412. The Balaban J connectivity index is 2.26. The molecule has 0 aliphatic rings. The van der Waals surface area contributed by atoms with E-state index in [1.54, 1.807) is 56.6 Å². The summed E-state index contributed by atoms with van der Waals surface area (Å²) in [6, 6.07) is 11.5. The van der Waals surface area contributed by atoms with Crippen molar-refractivity contribution in [2.75, 3.05) is 24.2 Å². The van der Waals surface area contributed by atoms with Gasteiger partial charge in [0, 0.05) is 12.7 Å². The largest absolute Gasteiger partial charge is 0.496 e. The lowest BCUT2D eigenvalue weighted by Gasteiger charge is -2.10. The number of benzene rings is 2. The molecule has 0 unspecified atom stereocenters. The van der Waals surface area contributed by atoms with Crippen LogP contribution in [0.25, 0.3) is 0 Å². The van der Waals surface area contributed by atoms with Crippen LogP contribution in [0, 0.1) is 0 Å². The zero-order valence-corrected chi connectivity index (χ0v) is 14.0. The van der Waals surface area contributed by atoms with Crippen LogP contribution in [-0.2, 0) is 10.0 Å².